The van der Waals surface area contributed by atoms with E-state index in [1.807, 2.05) is 6.92 Å². The average molecular weight is 402 g/mol. The molecule has 0 heterocycles. The van der Waals surface area contributed by atoms with Crippen molar-refractivity contribution in [3.63, 3.8) is 0 Å². The third-order valence-corrected chi connectivity index (χ3v) is 10.5. The molecule has 150 valence electrons. The zero-order chi connectivity index (χ0) is 19.8. The van der Waals surface area contributed by atoms with E-state index in [0.29, 0.717) is 18.0 Å². The Hall–Kier alpha value is -0.733. The van der Waals surface area contributed by atoms with Crippen LogP contribution in [0.4, 0.5) is 0 Å². The summed E-state index contributed by atoms with van der Waals surface area (Å²) in [5, 5.41) is 0.140. The SMILES string of the molecule is Cc1ccc(S(=O)(=O)NCCCCCCOO[Si](C)(C)C(C)(C)C)cc1. The van der Waals surface area contributed by atoms with Gasteiger partial charge in [0.05, 0.1) is 11.5 Å². The van der Waals surface area contributed by atoms with Crippen LogP contribution in [-0.2, 0) is 19.5 Å². The van der Waals surface area contributed by atoms with Crippen molar-refractivity contribution in [3.05, 3.63) is 29.8 Å². The number of unbranched alkanes of at least 4 members (excludes halogenated alkanes) is 3. The predicted octanol–water partition coefficient (Wildman–Crippen LogP) is 4.79. The van der Waals surface area contributed by atoms with Crippen LogP contribution in [0.2, 0.25) is 18.1 Å². The fourth-order valence-electron chi connectivity index (χ4n) is 1.96. The quantitative estimate of drug-likeness (QED) is 0.251. The molecule has 5 nitrogen and oxygen atoms in total. The molecule has 0 atom stereocenters. The summed E-state index contributed by atoms with van der Waals surface area (Å²) in [6, 6.07) is 6.88. The molecule has 1 rings (SSSR count). The van der Waals surface area contributed by atoms with E-state index in [4.69, 9.17) is 9.46 Å². The maximum Gasteiger partial charge on any atom is 0.240 e. The van der Waals surface area contributed by atoms with E-state index < -0.39 is 18.3 Å². The van der Waals surface area contributed by atoms with Crippen LogP contribution in [0.25, 0.3) is 0 Å². The van der Waals surface area contributed by atoms with Crippen molar-refractivity contribution >= 4 is 18.3 Å². The summed E-state index contributed by atoms with van der Waals surface area (Å²) in [7, 11) is -5.24. The van der Waals surface area contributed by atoms with Crippen molar-refractivity contribution in [3.8, 4) is 0 Å². The molecular weight excluding hydrogens is 366 g/mol. The molecule has 0 amide bonds. The standard InChI is InChI=1S/C19H35NO4SSi/c1-17-11-13-18(14-12-17)25(21,22)20-15-9-7-8-10-16-23-24-26(5,6)19(2,3)4/h11-14,20H,7-10,15-16H2,1-6H3. The van der Waals surface area contributed by atoms with Gasteiger partial charge in [0.25, 0.3) is 0 Å². The van der Waals surface area contributed by atoms with Gasteiger partial charge >= 0.3 is 0 Å². The van der Waals surface area contributed by atoms with Crippen LogP contribution in [-0.4, -0.2) is 29.9 Å². The van der Waals surface area contributed by atoms with Crippen molar-refractivity contribution in [2.45, 2.75) is 76.4 Å². The number of nitrogens with one attached hydrogen (secondary N) is 1. The first-order chi connectivity index (χ1) is 12.0. The molecule has 26 heavy (non-hydrogen) atoms. The smallest absolute Gasteiger partial charge is 0.240 e. The van der Waals surface area contributed by atoms with E-state index in [-0.39, 0.29) is 5.04 Å². The van der Waals surface area contributed by atoms with Crippen LogP contribution in [0.3, 0.4) is 0 Å². The van der Waals surface area contributed by atoms with Crippen molar-refractivity contribution < 1.29 is 17.9 Å². The van der Waals surface area contributed by atoms with E-state index >= 15 is 0 Å². The predicted molar refractivity (Wildman–Crippen MR) is 109 cm³/mol. The van der Waals surface area contributed by atoms with Gasteiger partial charge in [-0.05, 0) is 50.0 Å². The Balaban J connectivity index is 2.14. The lowest BCUT2D eigenvalue weighted by Gasteiger charge is -2.34. The van der Waals surface area contributed by atoms with Gasteiger partial charge in [-0.3, -0.25) is 4.58 Å². The molecule has 0 saturated carbocycles. The number of benzene rings is 1. The highest BCUT2D eigenvalue weighted by Crippen LogP contribution is 2.36. The molecule has 7 heteroatoms. The molecule has 0 aliphatic heterocycles. The molecule has 0 aromatic heterocycles. The van der Waals surface area contributed by atoms with Crippen molar-refractivity contribution in [2.24, 2.45) is 0 Å². The average Bonchev–Trinajstić information content (AvgIpc) is 2.52. The first-order valence-electron chi connectivity index (χ1n) is 9.33. The number of sulfonamides is 1. The van der Waals surface area contributed by atoms with Gasteiger partial charge in [0, 0.05) is 6.54 Å². The van der Waals surface area contributed by atoms with E-state index in [2.05, 4.69) is 38.6 Å². The summed E-state index contributed by atoms with van der Waals surface area (Å²) in [5.74, 6) is 0. The highest BCUT2D eigenvalue weighted by molar-refractivity contribution is 7.89. The highest BCUT2D eigenvalue weighted by atomic mass is 32.2. The fraction of sp³-hybridized carbons (Fsp3) is 0.684. The van der Waals surface area contributed by atoms with Gasteiger partial charge in [-0.25, -0.2) is 18.0 Å². The summed E-state index contributed by atoms with van der Waals surface area (Å²) in [6.45, 7) is 13.8. The topological polar surface area (TPSA) is 64.6 Å². The summed E-state index contributed by atoms with van der Waals surface area (Å²) in [5.41, 5.74) is 1.05. The van der Waals surface area contributed by atoms with Crippen LogP contribution < -0.4 is 4.72 Å². The third kappa shape index (κ3) is 7.88. The zero-order valence-electron chi connectivity index (χ0n) is 17.1. The Kier molecular flexibility index (Phi) is 8.95. The van der Waals surface area contributed by atoms with Gasteiger partial charge in [0.2, 0.25) is 18.3 Å². The Morgan fingerprint density at radius 2 is 1.58 bits per heavy atom. The third-order valence-electron chi connectivity index (χ3n) is 4.85. The number of hydrogen-bond acceptors (Lipinski definition) is 4. The van der Waals surface area contributed by atoms with Crippen molar-refractivity contribution in [1.82, 2.24) is 4.72 Å². The number of hydrogen-bond donors (Lipinski definition) is 1. The van der Waals surface area contributed by atoms with E-state index in [9.17, 15) is 8.42 Å². The summed E-state index contributed by atoms with van der Waals surface area (Å²) in [6.07, 6.45) is 3.68. The fourth-order valence-corrected chi connectivity index (χ4v) is 3.66. The summed E-state index contributed by atoms with van der Waals surface area (Å²) >= 11 is 0. The van der Waals surface area contributed by atoms with Crippen molar-refractivity contribution in [2.75, 3.05) is 13.2 Å². The monoisotopic (exact) mass is 401 g/mol. The second-order valence-electron chi connectivity index (χ2n) is 8.29. The van der Waals surface area contributed by atoms with Gasteiger partial charge < -0.3 is 0 Å². The van der Waals surface area contributed by atoms with Gasteiger partial charge in [-0.15, -0.1) is 0 Å². The van der Waals surface area contributed by atoms with Gasteiger partial charge in [-0.2, -0.15) is 0 Å². The summed E-state index contributed by atoms with van der Waals surface area (Å²) in [4.78, 5) is 5.72. The van der Waals surface area contributed by atoms with Crippen LogP contribution in [0.1, 0.15) is 52.0 Å². The molecular formula is C19H35NO4SSi. The lowest BCUT2D eigenvalue weighted by Crippen LogP contribution is -2.40. The van der Waals surface area contributed by atoms with E-state index in [1.54, 1.807) is 24.3 Å². The number of aryl methyl sites for hydroxylation is 1. The second kappa shape index (κ2) is 9.99. The molecule has 0 bridgehead atoms. The van der Waals surface area contributed by atoms with Gasteiger partial charge in [-0.1, -0.05) is 51.3 Å². The molecule has 0 fully saturated rings. The lowest BCUT2D eigenvalue weighted by atomic mass is 10.2. The van der Waals surface area contributed by atoms with Crippen molar-refractivity contribution in [1.29, 1.82) is 0 Å². The molecule has 1 aromatic carbocycles. The molecule has 0 aliphatic rings. The summed E-state index contributed by atoms with van der Waals surface area (Å²) < 4.78 is 32.6. The molecule has 0 spiro atoms. The molecule has 0 aliphatic carbocycles. The molecule has 1 N–H and O–H groups in total. The second-order valence-corrected chi connectivity index (χ2v) is 14.7. The molecule has 1 aromatic rings. The molecule has 0 saturated heterocycles. The maximum absolute atomic E-state index is 12.1. The first-order valence-corrected chi connectivity index (χ1v) is 13.7. The van der Waals surface area contributed by atoms with Crippen LogP contribution >= 0.6 is 0 Å². The molecule has 0 radical (unpaired) electrons. The zero-order valence-corrected chi connectivity index (χ0v) is 18.9. The minimum absolute atomic E-state index is 0.140. The highest BCUT2D eigenvalue weighted by Gasteiger charge is 2.38. The van der Waals surface area contributed by atoms with Crippen LogP contribution in [0.15, 0.2) is 29.2 Å². The Labute approximate surface area is 160 Å². The van der Waals surface area contributed by atoms with Crippen LogP contribution in [0, 0.1) is 6.92 Å². The van der Waals surface area contributed by atoms with E-state index in [0.717, 1.165) is 31.2 Å². The van der Waals surface area contributed by atoms with E-state index in [1.165, 1.54) is 0 Å². The lowest BCUT2D eigenvalue weighted by molar-refractivity contribution is -0.221. The number of rotatable bonds is 11. The Morgan fingerprint density at radius 1 is 1.00 bits per heavy atom. The molecule has 0 unspecified atom stereocenters. The first kappa shape index (κ1) is 23.3. The normalized spacial score (nSPS) is 13.2. The minimum atomic E-state index is -3.40. The largest absolute Gasteiger partial charge is 0.286 e. The minimum Gasteiger partial charge on any atom is -0.286 e. The Morgan fingerprint density at radius 3 is 2.15 bits per heavy atom. The Bertz CT molecular complexity index is 636. The van der Waals surface area contributed by atoms with Gasteiger partial charge in [0.15, 0.2) is 0 Å². The van der Waals surface area contributed by atoms with Crippen LogP contribution in [0.5, 0.6) is 0 Å². The maximum atomic E-state index is 12.1. The van der Waals surface area contributed by atoms with Gasteiger partial charge in [0.1, 0.15) is 0 Å².